The van der Waals surface area contributed by atoms with Gasteiger partial charge in [-0.1, -0.05) is 13.3 Å². The normalized spacial score (nSPS) is 31.4. The molecule has 3 heteroatoms. The van der Waals surface area contributed by atoms with Crippen LogP contribution in [0.4, 0.5) is 0 Å². The van der Waals surface area contributed by atoms with E-state index in [9.17, 15) is 5.11 Å². The SMILES string of the molecule is CCC[C@@H](CN1C[C@@H](O)[C@@H]1C)NC. The highest BCUT2D eigenvalue weighted by atomic mass is 16.3. The van der Waals surface area contributed by atoms with Crippen molar-refractivity contribution in [2.75, 3.05) is 20.1 Å². The first kappa shape index (κ1) is 11.0. The van der Waals surface area contributed by atoms with Gasteiger partial charge in [-0.3, -0.25) is 4.90 Å². The summed E-state index contributed by atoms with van der Waals surface area (Å²) in [6.45, 7) is 6.22. The van der Waals surface area contributed by atoms with E-state index in [1.807, 2.05) is 7.05 Å². The lowest BCUT2D eigenvalue weighted by Crippen LogP contribution is -2.61. The Balaban J connectivity index is 2.23. The molecule has 0 aromatic rings. The van der Waals surface area contributed by atoms with E-state index >= 15 is 0 Å². The third-order valence-electron chi connectivity index (χ3n) is 3.05. The Kier molecular flexibility index (Phi) is 4.16. The summed E-state index contributed by atoms with van der Waals surface area (Å²) in [4.78, 5) is 2.33. The summed E-state index contributed by atoms with van der Waals surface area (Å²) in [5.74, 6) is 0. The summed E-state index contributed by atoms with van der Waals surface area (Å²) < 4.78 is 0. The van der Waals surface area contributed by atoms with Crippen molar-refractivity contribution in [1.29, 1.82) is 0 Å². The maximum absolute atomic E-state index is 9.34. The van der Waals surface area contributed by atoms with Crippen molar-refractivity contribution in [2.24, 2.45) is 0 Å². The molecule has 78 valence electrons. The fourth-order valence-electron chi connectivity index (χ4n) is 1.86. The zero-order valence-electron chi connectivity index (χ0n) is 8.95. The van der Waals surface area contributed by atoms with Gasteiger partial charge in [0.15, 0.2) is 0 Å². The van der Waals surface area contributed by atoms with Gasteiger partial charge in [0.2, 0.25) is 0 Å². The molecule has 0 aromatic heterocycles. The Hall–Kier alpha value is -0.120. The number of aliphatic hydroxyl groups excluding tert-OH is 1. The van der Waals surface area contributed by atoms with Gasteiger partial charge in [-0.25, -0.2) is 0 Å². The maximum atomic E-state index is 9.34. The van der Waals surface area contributed by atoms with Crippen molar-refractivity contribution in [3.63, 3.8) is 0 Å². The minimum Gasteiger partial charge on any atom is -0.390 e. The molecule has 2 N–H and O–H groups in total. The number of likely N-dealkylation sites (tertiary alicyclic amines) is 1. The average Bonchev–Trinajstić information content (AvgIpc) is 2.15. The zero-order chi connectivity index (χ0) is 9.84. The average molecular weight is 186 g/mol. The van der Waals surface area contributed by atoms with Gasteiger partial charge >= 0.3 is 0 Å². The number of β-amino-alcohol motifs (C(OH)–C–C–N with tert-alkyl or cyclic N) is 1. The Morgan fingerprint density at radius 3 is 2.69 bits per heavy atom. The number of nitrogens with one attached hydrogen (secondary N) is 1. The zero-order valence-corrected chi connectivity index (χ0v) is 8.95. The van der Waals surface area contributed by atoms with E-state index in [2.05, 4.69) is 24.1 Å². The summed E-state index contributed by atoms with van der Waals surface area (Å²) in [5, 5.41) is 12.7. The van der Waals surface area contributed by atoms with Crippen molar-refractivity contribution in [3.05, 3.63) is 0 Å². The van der Waals surface area contributed by atoms with E-state index < -0.39 is 0 Å². The Morgan fingerprint density at radius 1 is 1.62 bits per heavy atom. The molecule has 0 amide bonds. The second-order valence-corrected chi connectivity index (χ2v) is 4.04. The third kappa shape index (κ3) is 2.66. The lowest BCUT2D eigenvalue weighted by molar-refractivity contribution is -0.0561. The first-order valence-corrected chi connectivity index (χ1v) is 5.28. The van der Waals surface area contributed by atoms with Gasteiger partial charge in [-0.15, -0.1) is 0 Å². The third-order valence-corrected chi connectivity index (χ3v) is 3.05. The molecule has 0 spiro atoms. The molecule has 1 heterocycles. The van der Waals surface area contributed by atoms with Gasteiger partial charge < -0.3 is 10.4 Å². The van der Waals surface area contributed by atoms with Gasteiger partial charge in [0.05, 0.1) is 6.10 Å². The van der Waals surface area contributed by atoms with Crippen molar-refractivity contribution in [2.45, 2.75) is 44.9 Å². The summed E-state index contributed by atoms with van der Waals surface area (Å²) in [5.41, 5.74) is 0. The van der Waals surface area contributed by atoms with Crippen LogP contribution in [0.15, 0.2) is 0 Å². The smallest absolute Gasteiger partial charge is 0.0819 e. The monoisotopic (exact) mass is 186 g/mol. The van der Waals surface area contributed by atoms with E-state index in [1.54, 1.807) is 0 Å². The second-order valence-electron chi connectivity index (χ2n) is 4.04. The highest BCUT2D eigenvalue weighted by Gasteiger charge is 2.34. The lowest BCUT2D eigenvalue weighted by Gasteiger charge is -2.45. The molecule has 1 aliphatic heterocycles. The van der Waals surface area contributed by atoms with Crippen LogP contribution in [0.1, 0.15) is 26.7 Å². The van der Waals surface area contributed by atoms with Crippen LogP contribution in [0.5, 0.6) is 0 Å². The van der Waals surface area contributed by atoms with Crippen LogP contribution >= 0.6 is 0 Å². The van der Waals surface area contributed by atoms with Crippen LogP contribution in [-0.4, -0.2) is 48.3 Å². The highest BCUT2D eigenvalue weighted by molar-refractivity contribution is 4.90. The molecule has 3 nitrogen and oxygen atoms in total. The Bertz CT molecular complexity index is 150. The van der Waals surface area contributed by atoms with Gasteiger partial charge in [0.25, 0.3) is 0 Å². The predicted octanol–water partition coefficient (Wildman–Crippen LogP) is 0.439. The van der Waals surface area contributed by atoms with Crippen LogP contribution in [0.3, 0.4) is 0 Å². The van der Waals surface area contributed by atoms with Crippen molar-refractivity contribution in [1.82, 2.24) is 10.2 Å². The van der Waals surface area contributed by atoms with Crippen LogP contribution in [0, 0.1) is 0 Å². The first-order valence-electron chi connectivity index (χ1n) is 5.28. The Morgan fingerprint density at radius 2 is 2.31 bits per heavy atom. The summed E-state index contributed by atoms with van der Waals surface area (Å²) in [6.07, 6.45) is 2.34. The van der Waals surface area contributed by atoms with Gasteiger partial charge in [0, 0.05) is 25.2 Å². The first-order chi connectivity index (χ1) is 6.19. The molecule has 1 aliphatic rings. The van der Waals surface area contributed by atoms with Crippen molar-refractivity contribution < 1.29 is 5.11 Å². The van der Waals surface area contributed by atoms with Gasteiger partial charge in [-0.2, -0.15) is 0 Å². The van der Waals surface area contributed by atoms with E-state index in [4.69, 9.17) is 0 Å². The molecule has 13 heavy (non-hydrogen) atoms. The van der Waals surface area contributed by atoms with E-state index in [1.165, 1.54) is 12.8 Å². The molecule has 1 saturated heterocycles. The second kappa shape index (κ2) is 4.94. The fraction of sp³-hybridized carbons (Fsp3) is 1.00. The minimum absolute atomic E-state index is 0.0980. The van der Waals surface area contributed by atoms with Crippen LogP contribution < -0.4 is 5.32 Å². The molecule has 0 bridgehead atoms. The maximum Gasteiger partial charge on any atom is 0.0819 e. The number of rotatable bonds is 5. The number of hydrogen-bond donors (Lipinski definition) is 2. The van der Waals surface area contributed by atoms with Gasteiger partial charge in [0.1, 0.15) is 0 Å². The molecular weight excluding hydrogens is 164 g/mol. The molecule has 0 radical (unpaired) electrons. The topological polar surface area (TPSA) is 35.5 Å². The largest absolute Gasteiger partial charge is 0.390 e. The summed E-state index contributed by atoms with van der Waals surface area (Å²) in [6, 6.07) is 0.938. The van der Waals surface area contributed by atoms with Crippen molar-refractivity contribution >= 4 is 0 Å². The quantitative estimate of drug-likeness (QED) is 0.654. The standard InChI is InChI=1S/C10H22N2O/c1-4-5-9(11-3)6-12-7-10(13)8(12)2/h8-11,13H,4-7H2,1-3H3/t8-,9-,10+/m0/s1. The van der Waals surface area contributed by atoms with Gasteiger partial charge in [-0.05, 0) is 20.4 Å². The molecule has 0 aromatic carbocycles. The summed E-state index contributed by atoms with van der Waals surface area (Å²) >= 11 is 0. The predicted molar refractivity (Wildman–Crippen MR) is 54.8 cm³/mol. The molecule has 1 fully saturated rings. The molecular formula is C10H22N2O. The number of aliphatic hydroxyl groups is 1. The van der Waals surface area contributed by atoms with E-state index in [-0.39, 0.29) is 6.10 Å². The Labute approximate surface area is 81.1 Å². The summed E-state index contributed by atoms with van der Waals surface area (Å²) in [7, 11) is 2.02. The van der Waals surface area contributed by atoms with Crippen molar-refractivity contribution in [3.8, 4) is 0 Å². The molecule has 3 atom stereocenters. The lowest BCUT2D eigenvalue weighted by atomic mass is 9.99. The van der Waals surface area contributed by atoms with E-state index in [0.717, 1.165) is 13.1 Å². The number of hydrogen-bond acceptors (Lipinski definition) is 3. The van der Waals surface area contributed by atoms with Crippen LogP contribution in [0.25, 0.3) is 0 Å². The van der Waals surface area contributed by atoms with Crippen LogP contribution in [-0.2, 0) is 0 Å². The number of nitrogens with zero attached hydrogens (tertiary/aromatic N) is 1. The van der Waals surface area contributed by atoms with Crippen LogP contribution in [0.2, 0.25) is 0 Å². The fourth-order valence-corrected chi connectivity index (χ4v) is 1.86. The van der Waals surface area contributed by atoms with E-state index in [0.29, 0.717) is 12.1 Å². The molecule has 0 aliphatic carbocycles. The molecule has 0 unspecified atom stereocenters. The minimum atomic E-state index is -0.0980. The molecule has 0 saturated carbocycles. The molecule has 1 rings (SSSR count). The number of likely N-dealkylation sites (N-methyl/N-ethyl adjacent to an activating group) is 1. The highest BCUT2D eigenvalue weighted by Crippen LogP contribution is 2.18.